The van der Waals surface area contributed by atoms with Gasteiger partial charge in [0.25, 0.3) is 0 Å². The van der Waals surface area contributed by atoms with Crippen LogP contribution in [0.4, 0.5) is 10.5 Å². The number of phenolic OH excluding ortho intramolecular Hbond substituents is 1. The van der Waals surface area contributed by atoms with Gasteiger partial charge in [-0.25, -0.2) is 14.8 Å². The first-order chi connectivity index (χ1) is 17.3. The normalized spacial score (nSPS) is 17.0. The monoisotopic (exact) mass is 481 g/mol. The number of hydrogen-bond donors (Lipinski definition) is 4. The van der Waals surface area contributed by atoms with Crippen LogP contribution in [-0.2, 0) is 16.9 Å². The van der Waals surface area contributed by atoms with Crippen molar-refractivity contribution in [1.29, 1.82) is 0 Å². The van der Waals surface area contributed by atoms with Crippen molar-refractivity contribution in [2.75, 3.05) is 5.32 Å². The fourth-order valence-corrected chi connectivity index (χ4v) is 4.31. The van der Waals surface area contributed by atoms with Crippen molar-refractivity contribution in [2.24, 2.45) is 0 Å². The lowest BCUT2D eigenvalue weighted by atomic mass is 9.80. The van der Waals surface area contributed by atoms with Crippen LogP contribution in [0.25, 0.3) is 11.1 Å². The van der Waals surface area contributed by atoms with E-state index in [2.05, 4.69) is 27.3 Å². The van der Waals surface area contributed by atoms with Crippen molar-refractivity contribution >= 4 is 30.1 Å². The van der Waals surface area contributed by atoms with Gasteiger partial charge in [0.05, 0.1) is 6.08 Å². The minimum atomic E-state index is -1.02. The van der Waals surface area contributed by atoms with Crippen LogP contribution in [0.2, 0.25) is 0 Å². The van der Waals surface area contributed by atoms with Crippen molar-refractivity contribution in [1.82, 2.24) is 15.3 Å². The molecule has 0 spiro atoms. The summed E-state index contributed by atoms with van der Waals surface area (Å²) < 4.78 is 4.03. The standard InChI is InChI=1S/C29H28N4O3/c1-4-19-16-26(30-3)33-29(2,27(19)35)22-10-8-9-20(15-22)25-17-24(34)14-13-21(25)18-31-28(36)32-23-11-6-5-7-12-23/h5-17H,3-4,18H2,1-2H3,(H3,31,32,34,36)/p+1. The van der Waals surface area contributed by atoms with Crippen molar-refractivity contribution in [2.45, 2.75) is 32.4 Å². The molecule has 1 unspecified atom stereocenters. The second-order valence-corrected chi connectivity index (χ2v) is 8.74. The average Bonchev–Trinajstić information content (AvgIpc) is 2.90. The number of Topliss-reactive ketones (excluding diaryl/α,β-unsaturated/α-hetero) is 1. The number of aromatic hydroxyl groups is 1. The van der Waals surface area contributed by atoms with Gasteiger partial charge in [-0.3, -0.25) is 4.79 Å². The smallest absolute Gasteiger partial charge is 0.368 e. The highest BCUT2D eigenvalue weighted by Gasteiger charge is 2.45. The Morgan fingerprint density at radius 1 is 1.08 bits per heavy atom. The fourth-order valence-electron chi connectivity index (χ4n) is 4.31. The first-order valence-electron chi connectivity index (χ1n) is 11.7. The van der Waals surface area contributed by atoms with Crippen molar-refractivity contribution in [3.63, 3.8) is 0 Å². The van der Waals surface area contributed by atoms with E-state index in [9.17, 15) is 14.7 Å². The van der Waals surface area contributed by atoms with Gasteiger partial charge in [-0.15, -0.1) is 0 Å². The van der Waals surface area contributed by atoms with E-state index in [4.69, 9.17) is 0 Å². The zero-order chi connectivity index (χ0) is 25.7. The van der Waals surface area contributed by atoms with Gasteiger partial charge in [0.2, 0.25) is 5.78 Å². The Morgan fingerprint density at radius 3 is 2.58 bits per heavy atom. The summed E-state index contributed by atoms with van der Waals surface area (Å²) in [5.41, 5.74) is 3.48. The number of anilines is 1. The Morgan fingerprint density at radius 2 is 1.86 bits per heavy atom. The lowest BCUT2D eigenvalue weighted by Gasteiger charge is -2.29. The third-order valence-electron chi connectivity index (χ3n) is 6.30. The lowest BCUT2D eigenvalue weighted by molar-refractivity contribution is -0.121. The minimum absolute atomic E-state index is 0.0232. The molecule has 0 aromatic heterocycles. The molecule has 0 aliphatic carbocycles. The molecule has 3 aromatic carbocycles. The number of carbonyl (C=O) groups excluding carboxylic acids is 2. The number of hydrogen-bond acceptors (Lipinski definition) is 3. The molecule has 1 atom stereocenters. The highest BCUT2D eigenvalue weighted by molar-refractivity contribution is 6.14. The number of nitrogens with one attached hydrogen (secondary N) is 3. The Hall–Kier alpha value is -4.61. The van der Waals surface area contributed by atoms with Gasteiger partial charge in [0.15, 0.2) is 12.3 Å². The van der Waals surface area contributed by atoms with Crippen LogP contribution < -0.4 is 20.6 Å². The van der Waals surface area contributed by atoms with E-state index in [0.717, 1.165) is 22.3 Å². The minimum Gasteiger partial charge on any atom is -0.508 e. The van der Waals surface area contributed by atoms with Crippen molar-refractivity contribution in [3.8, 4) is 16.9 Å². The van der Waals surface area contributed by atoms with Crippen LogP contribution >= 0.6 is 0 Å². The SMILES string of the molecule is C=[N+]=C1C=C(CC)C(=O)C(C)(c2cccc(-c3cc(O)ccc3CNC(=O)Nc3ccccc3)c2)N1. The van der Waals surface area contributed by atoms with Crippen molar-refractivity contribution < 1.29 is 14.7 Å². The zero-order valence-electron chi connectivity index (χ0n) is 20.3. The summed E-state index contributed by atoms with van der Waals surface area (Å²) in [5, 5.41) is 19.1. The molecule has 182 valence electrons. The van der Waals surface area contributed by atoms with Crippen LogP contribution in [0.5, 0.6) is 5.75 Å². The van der Waals surface area contributed by atoms with E-state index >= 15 is 0 Å². The Labute approximate surface area is 210 Å². The van der Waals surface area contributed by atoms with Gasteiger partial charge < -0.3 is 15.7 Å². The molecule has 4 N–H and O–H groups in total. The molecule has 1 heterocycles. The molecule has 1 aliphatic heterocycles. The highest BCUT2D eigenvalue weighted by Crippen LogP contribution is 2.34. The number of carbonyl (C=O) groups is 2. The first kappa shape index (κ1) is 24.5. The number of benzene rings is 3. The van der Waals surface area contributed by atoms with E-state index in [1.165, 1.54) is 0 Å². The van der Waals surface area contributed by atoms with Crippen LogP contribution in [0.15, 0.2) is 84.4 Å². The average molecular weight is 482 g/mol. The van der Waals surface area contributed by atoms with E-state index in [-0.39, 0.29) is 24.1 Å². The predicted octanol–water partition coefficient (Wildman–Crippen LogP) is 4.27. The topological polar surface area (TPSA) is 105 Å². The summed E-state index contributed by atoms with van der Waals surface area (Å²) >= 11 is 0. The van der Waals surface area contributed by atoms with Gasteiger partial charge in [-0.1, -0.05) is 49.4 Å². The lowest BCUT2D eigenvalue weighted by Crippen LogP contribution is -2.53. The molecule has 3 aromatic rings. The second kappa shape index (κ2) is 10.3. The largest absolute Gasteiger partial charge is 0.508 e. The predicted molar refractivity (Wildman–Crippen MR) is 144 cm³/mol. The van der Waals surface area contributed by atoms with Crippen LogP contribution in [0.3, 0.4) is 0 Å². The van der Waals surface area contributed by atoms with Crippen LogP contribution in [-0.4, -0.2) is 29.5 Å². The fraction of sp³-hybridized carbons (Fsp3) is 0.172. The maximum Gasteiger partial charge on any atom is 0.368 e. The van der Waals surface area contributed by atoms with Gasteiger partial charge in [-0.05, 0) is 60.4 Å². The summed E-state index contributed by atoms with van der Waals surface area (Å²) in [6.45, 7) is 7.63. The van der Waals surface area contributed by atoms with Crippen LogP contribution in [0, 0.1) is 0 Å². The number of urea groups is 1. The summed E-state index contributed by atoms with van der Waals surface area (Å²) in [4.78, 5) is 25.8. The molecule has 0 fully saturated rings. The maximum absolute atomic E-state index is 13.3. The number of phenols is 1. The number of amides is 2. The number of ketones is 1. The summed E-state index contributed by atoms with van der Waals surface area (Å²) in [6, 6.07) is 21.5. The molecule has 0 bridgehead atoms. The molecule has 7 heteroatoms. The number of rotatable bonds is 6. The van der Waals surface area contributed by atoms with E-state index in [1.807, 2.05) is 68.4 Å². The molecule has 1 aliphatic rings. The third-order valence-corrected chi connectivity index (χ3v) is 6.30. The van der Waals surface area contributed by atoms with E-state index in [1.54, 1.807) is 24.3 Å². The highest BCUT2D eigenvalue weighted by atomic mass is 16.3. The number of nitrogens with zero attached hydrogens (tertiary/aromatic N) is 1. The molecule has 0 saturated carbocycles. The molecule has 4 rings (SSSR count). The van der Waals surface area contributed by atoms with Crippen LogP contribution in [0.1, 0.15) is 31.4 Å². The van der Waals surface area contributed by atoms with Gasteiger partial charge in [-0.2, -0.15) is 0 Å². The Balaban J connectivity index is 1.63. The molecule has 0 radical (unpaired) electrons. The summed E-state index contributed by atoms with van der Waals surface area (Å²) in [5.74, 6) is 0.629. The molecular weight excluding hydrogens is 452 g/mol. The van der Waals surface area contributed by atoms with Gasteiger partial charge in [0, 0.05) is 23.4 Å². The number of amidine groups is 1. The third kappa shape index (κ3) is 5.06. The Kier molecular flexibility index (Phi) is 7.04. The van der Waals surface area contributed by atoms with E-state index in [0.29, 0.717) is 23.5 Å². The molecule has 0 saturated heterocycles. The molecule has 2 amide bonds. The van der Waals surface area contributed by atoms with Gasteiger partial charge >= 0.3 is 11.9 Å². The van der Waals surface area contributed by atoms with E-state index < -0.39 is 5.54 Å². The van der Waals surface area contributed by atoms with Gasteiger partial charge in [0.1, 0.15) is 5.75 Å². The Bertz CT molecular complexity index is 1390. The summed E-state index contributed by atoms with van der Waals surface area (Å²) in [6.07, 6.45) is 2.32. The molecule has 7 nitrogen and oxygen atoms in total. The first-order valence-corrected chi connectivity index (χ1v) is 11.7. The maximum atomic E-state index is 13.3. The molecular formula is C29H29N4O3+. The zero-order valence-corrected chi connectivity index (χ0v) is 20.3. The quantitative estimate of drug-likeness (QED) is 0.312. The number of para-hydroxylation sites is 1. The summed E-state index contributed by atoms with van der Waals surface area (Å²) in [7, 11) is 0. The second-order valence-electron chi connectivity index (χ2n) is 8.74. The van der Waals surface area contributed by atoms with Crippen molar-refractivity contribution in [3.05, 3.63) is 95.6 Å². The molecule has 36 heavy (non-hydrogen) atoms.